The number of para-hydroxylation sites is 1. The van der Waals surface area contributed by atoms with Gasteiger partial charge < -0.3 is 5.32 Å². The number of rotatable bonds is 7. The predicted molar refractivity (Wildman–Crippen MR) is 84.1 cm³/mol. The summed E-state index contributed by atoms with van der Waals surface area (Å²) >= 11 is 0. The maximum Gasteiger partial charge on any atom is 0.148 e. The first-order valence-electron chi connectivity index (χ1n) is 7.64. The summed E-state index contributed by atoms with van der Waals surface area (Å²) in [5, 5.41) is 7.83. The topological polar surface area (TPSA) is 29.9 Å². The van der Waals surface area contributed by atoms with Gasteiger partial charge in [-0.2, -0.15) is 5.10 Å². The molecule has 0 amide bonds. The Bertz CT molecular complexity index is 575. The van der Waals surface area contributed by atoms with Crippen molar-refractivity contribution in [2.24, 2.45) is 5.92 Å². The molecule has 3 nitrogen and oxygen atoms in total. The van der Waals surface area contributed by atoms with Crippen molar-refractivity contribution in [1.29, 1.82) is 0 Å². The van der Waals surface area contributed by atoms with E-state index in [1.807, 2.05) is 12.3 Å². The molecule has 0 aliphatic rings. The highest BCUT2D eigenvalue weighted by Gasteiger charge is 2.13. The van der Waals surface area contributed by atoms with E-state index < -0.39 is 0 Å². The molecule has 0 aliphatic heterocycles. The number of aromatic nitrogens is 2. The van der Waals surface area contributed by atoms with E-state index in [0.717, 1.165) is 37.2 Å². The van der Waals surface area contributed by atoms with Crippen molar-refractivity contribution in [3.63, 3.8) is 0 Å². The molecule has 4 heteroatoms. The van der Waals surface area contributed by atoms with Gasteiger partial charge in [0.2, 0.25) is 0 Å². The van der Waals surface area contributed by atoms with Crippen LogP contribution in [-0.4, -0.2) is 16.3 Å². The lowest BCUT2D eigenvalue weighted by Gasteiger charge is -2.11. The average Bonchev–Trinajstić information content (AvgIpc) is 2.83. The molecule has 0 fully saturated rings. The fraction of sp³-hybridized carbons (Fsp3) is 0.471. The van der Waals surface area contributed by atoms with E-state index in [1.54, 1.807) is 16.8 Å². The van der Waals surface area contributed by atoms with Gasteiger partial charge in [-0.3, -0.25) is 0 Å². The third-order valence-corrected chi connectivity index (χ3v) is 3.39. The normalized spacial score (nSPS) is 11.3. The van der Waals surface area contributed by atoms with Crippen LogP contribution in [0.3, 0.4) is 0 Å². The maximum atomic E-state index is 14.0. The molecule has 0 unspecified atom stereocenters. The molecule has 2 rings (SSSR count). The zero-order valence-electron chi connectivity index (χ0n) is 13.1. The van der Waals surface area contributed by atoms with Gasteiger partial charge in [0.1, 0.15) is 11.5 Å². The van der Waals surface area contributed by atoms with Crippen molar-refractivity contribution in [3.05, 3.63) is 47.5 Å². The van der Waals surface area contributed by atoms with Crippen LogP contribution < -0.4 is 5.32 Å². The van der Waals surface area contributed by atoms with Crippen molar-refractivity contribution in [3.8, 4) is 5.69 Å². The van der Waals surface area contributed by atoms with Crippen LogP contribution in [-0.2, 0) is 13.0 Å². The molecule has 0 aliphatic carbocycles. The molecule has 114 valence electrons. The van der Waals surface area contributed by atoms with Crippen LogP contribution >= 0.6 is 0 Å². The monoisotopic (exact) mass is 289 g/mol. The lowest BCUT2D eigenvalue weighted by molar-refractivity contribution is 0.550. The first kappa shape index (κ1) is 15.7. The predicted octanol–water partition coefficient (Wildman–Crippen LogP) is 3.71. The minimum Gasteiger partial charge on any atom is -0.312 e. The minimum atomic E-state index is -0.236. The van der Waals surface area contributed by atoms with Crippen molar-refractivity contribution in [2.75, 3.05) is 6.54 Å². The fourth-order valence-corrected chi connectivity index (χ4v) is 2.39. The number of hydrogen-bond acceptors (Lipinski definition) is 2. The maximum absolute atomic E-state index is 14.0. The fourth-order valence-electron chi connectivity index (χ4n) is 2.39. The zero-order valence-corrected chi connectivity index (χ0v) is 13.1. The standard InChI is InChI=1S/C17H24FN3/c1-4-7-16-14(11-19-10-13(2)3)12-20-21(16)17-9-6-5-8-15(17)18/h5-6,8-9,12-13,19H,4,7,10-11H2,1-3H3. The van der Waals surface area contributed by atoms with Gasteiger partial charge in [0.25, 0.3) is 0 Å². The Labute approximate surface area is 126 Å². The van der Waals surface area contributed by atoms with E-state index in [-0.39, 0.29) is 5.82 Å². The van der Waals surface area contributed by atoms with Gasteiger partial charge in [-0.1, -0.05) is 39.3 Å². The Morgan fingerprint density at radius 1 is 1.29 bits per heavy atom. The molecule has 1 N–H and O–H groups in total. The lowest BCUT2D eigenvalue weighted by Crippen LogP contribution is -2.19. The van der Waals surface area contributed by atoms with Gasteiger partial charge in [0.15, 0.2) is 0 Å². The molecule has 2 aromatic rings. The van der Waals surface area contributed by atoms with E-state index >= 15 is 0 Å². The molecule has 0 bridgehead atoms. The van der Waals surface area contributed by atoms with Crippen LogP contribution in [0, 0.1) is 11.7 Å². The summed E-state index contributed by atoms with van der Waals surface area (Å²) in [7, 11) is 0. The first-order chi connectivity index (χ1) is 10.1. The Balaban J connectivity index is 2.26. The van der Waals surface area contributed by atoms with E-state index in [0.29, 0.717) is 11.6 Å². The lowest BCUT2D eigenvalue weighted by atomic mass is 10.1. The number of benzene rings is 1. The molecule has 0 atom stereocenters. The summed E-state index contributed by atoms with van der Waals surface area (Å²) in [5.74, 6) is 0.376. The van der Waals surface area contributed by atoms with Crippen molar-refractivity contribution >= 4 is 0 Å². The highest BCUT2D eigenvalue weighted by atomic mass is 19.1. The van der Waals surface area contributed by atoms with E-state index in [1.165, 1.54) is 6.07 Å². The molecule has 0 saturated carbocycles. The first-order valence-corrected chi connectivity index (χ1v) is 7.64. The summed E-state index contributed by atoms with van der Waals surface area (Å²) in [6.07, 6.45) is 3.76. The Hall–Kier alpha value is -1.68. The molecule has 0 radical (unpaired) electrons. The molecule has 1 aromatic heterocycles. The van der Waals surface area contributed by atoms with Crippen LogP contribution in [0.2, 0.25) is 0 Å². The second-order valence-corrected chi connectivity index (χ2v) is 5.75. The minimum absolute atomic E-state index is 0.236. The molecule has 21 heavy (non-hydrogen) atoms. The van der Waals surface area contributed by atoms with Crippen LogP contribution in [0.1, 0.15) is 38.4 Å². The molecule has 1 heterocycles. The van der Waals surface area contributed by atoms with Crippen molar-refractivity contribution < 1.29 is 4.39 Å². The van der Waals surface area contributed by atoms with Gasteiger partial charge in [0.05, 0.1) is 6.20 Å². The molecule has 1 aromatic carbocycles. The van der Waals surface area contributed by atoms with Gasteiger partial charge in [-0.05, 0) is 31.0 Å². The molecule has 0 spiro atoms. The van der Waals surface area contributed by atoms with E-state index in [4.69, 9.17) is 0 Å². The Kier molecular flexibility index (Phi) is 5.51. The summed E-state index contributed by atoms with van der Waals surface area (Å²) in [4.78, 5) is 0. The Morgan fingerprint density at radius 3 is 2.71 bits per heavy atom. The van der Waals surface area contributed by atoms with Crippen LogP contribution in [0.25, 0.3) is 5.69 Å². The summed E-state index contributed by atoms with van der Waals surface area (Å²) < 4.78 is 15.7. The molecule has 0 saturated heterocycles. The van der Waals surface area contributed by atoms with Crippen molar-refractivity contribution in [1.82, 2.24) is 15.1 Å². The summed E-state index contributed by atoms with van der Waals surface area (Å²) in [6.45, 7) is 8.24. The SMILES string of the molecule is CCCc1c(CNCC(C)C)cnn1-c1ccccc1F. The van der Waals surface area contributed by atoms with Crippen LogP contribution in [0.5, 0.6) is 0 Å². The highest BCUT2D eigenvalue weighted by molar-refractivity contribution is 5.36. The molecular weight excluding hydrogens is 265 g/mol. The average molecular weight is 289 g/mol. The molecular formula is C17H24FN3. The smallest absolute Gasteiger partial charge is 0.148 e. The van der Waals surface area contributed by atoms with Crippen LogP contribution in [0.4, 0.5) is 4.39 Å². The second-order valence-electron chi connectivity index (χ2n) is 5.75. The van der Waals surface area contributed by atoms with Gasteiger partial charge >= 0.3 is 0 Å². The third-order valence-electron chi connectivity index (χ3n) is 3.39. The second kappa shape index (κ2) is 7.36. The summed E-state index contributed by atoms with van der Waals surface area (Å²) in [5.41, 5.74) is 2.77. The van der Waals surface area contributed by atoms with Crippen molar-refractivity contribution in [2.45, 2.75) is 40.2 Å². The Morgan fingerprint density at radius 2 is 2.05 bits per heavy atom. The van der Waals surface area contributed by atoms with E-state index in [2.05, 4.69) is 31.2 Å². The number of nitrogens with one attached hydrogen (secondary N) is 1. The van der Waals surface area contributed by atoms with Gasteiger partial charge in [-0.15, -0.1) is 0 Å². The van der Waals surface area contributed by atoms with E-state index in [9.17, 15) is 4.39 Å². The summed E-state index contributed by atoms with van der Waals surface area (Å²) in [6, 6.07) is 6.79. The highest BCUT2D eigenvalue weighted by Crippen LogP contribution is 2.19. The number of halogens is 1. The number of hydrogen-bond donors (Lipinski definition) is 1. The zero-order chi connectivity index (χ0) is 15.2. The third kappa shape index (κ3) is 3.91. The number of nitrogens with zero attached hydrogens (tertiary/aromatic N) is 2. The van der Waals surface area contributed by atoms with Gasteiger partial charge in [-0.25, -0.2) is 9.07 Å². The quantitative estimate of drug-likeness (QED) is 0.842. The largest absolute Gasteiger partial charge is 0.312 e. The van der Waals surface area contributed by atoms with Gasteiger partial charge in [0, 0.05) is 17.8 Å². The van der Waals surface area contributed by atoms with Crippen LogP contribution in [0.15, 0.2) is 30.5 Å².